The first-order chi connectivity index (χ1) is 27.7. The van der Waals surface area contributed by atoms with Crippen molar-refractivity contribution in [3.8, 4) is 45.0 Å². The summed E-state index contributed by atoms with van der Waals surface area (Å²) in [5.74, 6) is 2.33. The minimum atomic E-state index is 0.253. The molecule has 0 amide bonds. The maximum absolute atomic E-state index is 5.17. The molecule has 0 aliphatic heterocycles. The standard InChI is InChI=1S/C51H33N3S2/c1-3-11-32(12-4-1)33-21-23-34(24-22-33)38-29-30-46-44(31-38)42-18-9-16-39(47(42)56-46)35-25-27-37(28-26-35)50-52-49(36-13-5-2-6-14-36)53-51(54-50)43-19-10-17-41-40-15-7-8-20-45(40)55-48(41)43/h1-25,27-31,35H,26H2. The Hall–Kier alpha value is -6.53. The molecule has 1 aliphatic carbocycles. The minimum absolute atomic E-state index is 0.253. The summed E-state index contributed by atoms with van der Waals surface area (Å²) in [6, 6.07) is 58.5. The van der Waals surface area contributed by atoms with Gasteiger partial charge in [0.1, 0.15) is 0 Å². The molecule has 56 heavy (non-hydrogen) atoms. The number of nitrogens with zero attached hydrogens (tertiary/aromatic N) is 3. The van der Waals surface area contributed by atoms with Crippen LogP contribution in [0.1, 0.15) is 23.7 Å². The molecule has 0 fully saturated rings. The van der Waals surface area contributed by atoms with Gasteiger partial charge in [-0.2, -0.15) is 0 Å². The van der Waals surface area contributed by atoms with Gasteiger partial charge in [-0.1, -0.05) is 158 Å². The molecule has 1 atom stereocenters. The molecule has 264 valence electrons. The van der Waals surface area contributed by atoms with E-state index in [2.05, 4.69) is 164 Å². The van der Waals surface area contributed by atoms with Crippen LogP contribution in [0, 0.1) is 0 Å². The fourth-order valence-electron chi connectivity index (χ4n) is 8.06. The third-order valence-corrected chi connectivity index (χ3v) is 13.4. The van der Waals surface area contributed by atoms with E-state index in [1.54, 1.807) is 11.3 Å². The Morgan fingerprint density at radius 3 is 1.80 bits per heavy atom. The van der Waals surface area contributed by atoms with Crippen molar-refractivity contribution in [2.75, 3.05) is 0 Å². The van der Waals surface area contributed by atoms with Crippen LogP contribution < -0.4 is 0 Å². The maximum atomic E-state index is 5.17. The van der Waals surface area contributed by atoms with Crippen molar-refractivity contribution >= 4 is 68.6 Å². The first-order valence-corrected chi connectivity index (χ1v) is 20.6. The van der Waals surface area contributed by atoms with Gasteiger partial charge in [0.2, 0.25) is 0 Å². The molecule has 0 saturated carbocycles. The van der Waals surface area contributed by atoms with E-state index in [1.165, 1.54) is 68.2 Å². The first-order valence-electron chi connectivity index (χ1n) is 19.0. The highest BCUT2D eigenvalue weighted by Crippen LogP contribution is 2.43. The number of allylic oxidation sites excluding steroid dienone is 4. The smallest absolute Gasteiger partial charge is 0.165 e. The second kappa shape index (κ2) is 13.6. The van der Waals surface area contributed by atoms with Gasteiger partial charge < -0.3 is 0 Å². The Morgan fingerprint density at radius 2 is 1.02 bits per heavy atom. The van der Waals surface area contributed by atoms with E-state index in [1.807, 2.05) is 29.5 Å². The lowest BCUT2D eigenvalue weighted by molar-refractivity contribution is 0.863. The van der Waals surface area contributed by atoms with Gasteiger partial charge in [-0.15, -0.1) is 22.7 Å². The molecule has 3 aromatic heterocycles. The second-order valence-electron chi connectivity index (χ2n) is 14.3. The van der Waals surface area contributed by atoms with Crippen molar-refractivity contribution in [1.29, 1.82) is 0 Å². The van der Waals surface area contributed by atoms with Gasteiger partial charge in [-0.25, -0.2) is 15.0 Å². The molecule has 0 bridgehead atoms. The van der Waals surface area contributed by atoms with Crippen LogP contribution in [0.15, 0.2) is 182 Å². The Labute approximate surface area is 332 Å². The molecule has 5 heteroatoms. The first kappa shape index (κ1) is 32.9. The third-order valence-electron chi connectivity index (χ3n) is 10.9. The van der Waals surface area contributed by atoms with E-state index in [0.29, 0.717) is 17.5 Å². The zero-order chi connectivity index (χ0) is 37.0. The number of fused-ring (bicyclic) bond motifs is 6. The van der Waals surface area contributed by atoms with E-state index in [-0.39, 0.29) is 5.92 Å². The van der Waals surface area contributed by atoms with Crippen molar-refractivity contribution in [3.05, 3.63) is 193 Å². The number of benzene rings is 7. The van der Waals surface area contributed by atoms with Crippen LogP contribution in [-0.2, 0) is 0 Å². The predicted octanol–water partition coefficient (Wildman–Crippen LogP) is 14.4. The molecule has 1 aliphatic rings. The van der Waals surface area contributed by atoms with Crippen molar-refractivity contribution in [3.63, 3.8) is 0 Å². The Morgan fingerprint density at radius 1 is 0.429 bits per heavy atom. The Kier molecular flexibility index (Phi) is 8.01. The number of rotatable bonds is 6. The van der Waals surface area contributed by atoms with Gasteiger partial charge in [0, 0.05) is 63.0 Å². The number of aromatic nitrogens is 3. The van der Waals surface area contributed by atoms with E-state index in [9.17, 15) is 0 Å². The zero-order valence-corrected chi connectivity index (χ0v) is 31.9. The monoisotopic (exact) mass is 751 g/mol. The summed E-state index contributed by atoms with van der Waals surface area (Å²) in [7, 11) is 0. The summed E-state index contributed by atoms with van der Waals surface area (Å²) in [5.41, 5.74) is 9.33. The molecule has 1 unspecified atom stereocenters. The van der Waals surface area contributed by atoms with Crippen LogP contribution in [0.5, 0.6) is 0 Å². The predicted molar refractivity (Wildman–Crippen MR) is 238 cm³/mol. The SMILES string of the molecule is C1=CC(c2cccc3c2sc2ccc(-c4ccc(-c5ccccc5)cc4)cc23)CC=C1c1nc(-c2ccccc2)nc(-c2cccc3c2sc2ccccc23)n1. The fraction of sp³-hybridized carbons (Fsp3) is 0.0392. The van der Waals surface area contributed by atoms with Crippen LogP contribution in [0.2, 0.25) is 0 Å². The lowest BCUT2D eigenvalue weighted by atomic mass is 9.89. The third kappa shape index (κ3) is 5.75. The van der Waals surface area contributed by atoms with Crippen LogP contribution in [-0.4, -0.2) is 15.0 Å². The summed E-state index contributed by atoms with van der Waals surface area (Å²) in [6.45, 7) is 0. The molecule has 3 heterocycles. The van der Waals surface area contributed by atoms with E-state index in [0.717, 1.165) is 23.1 Å². The van der Waals surface area contributed by atoms with E-state index < -0.39 is 0 Å². The highest BCUT2D eigenvalue weighted by atomic mass is 32.1. The van der Waals surface area contributed by atoms with Crippen LogP contribution >= 0.6 is 22.7 Å². The summed E-state index contributed by atoms with van der Waals surface area (Å²) in [6.07, 6.45) is 7.73. The van der Waals surface area contributed by atoms with Crippen molar-refractivity contribution in [1.82, 2.24) is 15.0 Å². The fourth-order valence-corrected chi connectivity index (χ4v) is 10.5. The molecule has 10 aromatic rings. The van der Waals surface area contributed by atoms with Crippen LogP contribution in [0.4, 0.5) is 0 Å². The van der Waals surface area contributed by atoms with Crippen molar-refractivity contribution in [2.45, 2.75) is 12.3 Å². The Bertz CT molecular complexity index is 3160. The normalized spacial score (nSPS) is 14.2. The summed E-state index contributed by atoms with van der Waals surface area (Å²) >= 11 is 3.70. The average molecular weight is 752 g/mol. The number of thiophene rings is 2. The number of hydrogen-bond donors (Lipinski definition) is 0. The molecular weight excluding hydrogens is 719 g/mol. The van der Waals surface area contributed by atoms with E-state index in [4.69, 9.17) is 15.0 Å². The van der Waals surface area contributed by atoms with Gasteiger partial charge in [0.25, 0.3) is 0 Å². The average Bonchev–Trinajstić information content (AvgIpc) is 3.85. The number of hydrogen-bond acceptors (Lipinski definition) is 5. The van der Waals surface area contributed by atoms with Crippen LogP contribution in [0.3, 0.4) is 0 Å². The molecule has 0 radical (unpaired) electrons. The van der Waals surface area contributed by atoms with Gasteiger partial charge in [-0.05, 0) is 58.5 Å². The van der Waals surface area contributed by atoms with Gasteiger partial charge >= 0.3 is 0 Å². The molecule has 7 aromatic carbocycles. The lowest BCUT2D eigenvalue weighted by Crippen LogP contribution is -2.05. The quantitative estimate of drug-likeness (QED) is 0.170. The zero-order valence-electron chi connectivity index (χ0n) is 30.3. The molecular formula is C51H33N3S2. The summed E-state index contributed by atoms with van der Waals surface area (Å²) in [5, 5.41) is 5.12. The summed E-state index contributed by atoms with van der Waals surface area (Å²) in [4.78, 5) is 15.3. The molecule has 0 N–H and O–H groups in total. The highest BCUT2D eigenvalue weighted by Gasteiger charge is 2.21. The van der Waals surface area contributed by atoms with Crippen molar-refractivity contribution < 1.29 is 0 Å². The van der Waals surface area contributed by atoms with Gasteiger partial charge in [0.15, 0.2) is 17.5 Å². The van der Waals surface area contributed by atoms with Gasteiger partial charge in [-0.3, -0.25) is 0 Å². The Balaban J connectivity index is 0.932. The van der Waals surface area contributed by atoms with Gasteiger partial charge in [0.05, 0.1) is 0 Å². The molecule has 0 spiro atoms. The minimum Gasteiger partial charge on any atom is -0.208 e. The maximum Gasteiger partial charge on any atom is 0.165 e. The highest BCUT2D eigenvalue weighted by molar-refractivity contribution is 7.26. The topological polar surface area (TPSA) is 38.7 Å². The summed E-state index contributed by atoms with van der Waals surface area (Å²) < 4.78 is 5.13. The molecule has 0 saturated heterocycles. The molecule has 3 nitrogen and oxygen atoms in total. The van der Waals surface area contributed by atoms with Crippen LogP contribution in [0.25, 0.3) is 90.9 Å². The lowest BCUT2D eigenvalue weighted by Gasteiger charge is -2.17. The van der Waals surface area contributed by atoms with Crippen molar-refractivity contribution in [2.24, 2.45) is 0 Å². The van der Waals surface area contributed by atoms with E-state index >= 15 is 0 Å². The molecule has 11 rings (SSSR count). The second-order valence-corrected chi connectivity index (χ2v) is 16.4. The largest absolute Gasteiger partial charge is 0.208 e.